The summed E-state index contributed by atoms with van der Waals surface area (Å²) in [4.78, 5) is 7.56. The van der Waals surface area contributed by atoms with Crippen molar-refractivity contribution in [3.8, 4) is 5.75 Å². The molecular formula is C23H26N2OS. The molecule has 0 saturated heterocycles. The second-order valence-electron chi connectivity index (χ2n) is 6.75. The van der Waals surface area contributed by atoms with Crippen LogP contribution in [0.25, 0.3) is 10.8 Å². The maximum atomic E-state index is 5.47. The van der Waals surface area contributed by atoms with Crippen LogP contribution in [0.2, 0.25) is 0 Å². The molecule has 0 bridgehead atoms. The number of nitrogens with zero attached hydrogens (tertiary/aromatic N) is 2. The van der Waals surface area contributed by atoms with Gasteiger partial charge in [0, 0.05) is 28.3 Å². The van der Waals surface area contributed by atoms with Crippen molar-refractivity contribution in [3.63, 3.8) is 0 Å². The first-order valence-corrected chi connectivity index (χ1v) is 10.4. The molecule has 4 rings (SSSR count). The van der Waals surface area contributed by atoms with Gasteiger partial charge in [-0.05, 0) is 42.7 Å². The van der Waals surface area contributed by atoms with Gasteiger partial charge in [0.2, 0.25) is 0 Å². The molecule has 3 aromatic carbocycles. The first-order chi connectivity index (χ1) is 13.2. The van der Waals surface area contributed by atoms with E-state index in [1.807, 2.05) is 11.8 Å². The van der Waals surface area contributed by atoms with Crippen molar-refractivity contribution in [3.05, 3.63) is 54.6 Å². The minimum atomic E-state index is 0.911. The van der Waals surface area contributed by atoms with Gasteiger partial charge in [0.25, 0.3) is 0 Å². The van der Waals surface area contributed by atoms with Gasteiger partial charge in [0.05, 0.1) is 18.5 Å². The summed E-state index contributed by atoms with van der Waals surface area (Å²) in [5.41, 5.74) is 2.61. The van der Waals surface area contributed by atoms with Gasteiger partial charge in [-0.25, -0.2) is 0 Å². The summed E-state index contributed by atoms with van der Waals surface area (Å²) in [5.74, 6) is 0.911. The highest BCUT2D eigenvalue weighted by atomic mass is 32.2. The molecule has 1 heterocycles. The van der Waals surface area contributed by atoms with Crippen LogP contribution in [0, 0.1) is 0 Å². The van der Waals surface area contributed by atoms with Crippen molar-refractivity contribution in [2.45, 2.75) is 23.6 Å². The van der Waals surface area contributed by atoms with E-state index in [0.29, 0.717) is 0 Å². The molecule has 0 radical (unpaired) electrons. The standard InChI is InChI=1S/C23H26N2OS/c1-4-24(5-2)14-15-25-20-12-11-18(26-3)16-22(20)27-21-13-10-17-8-6-7-9-19(17)23(21)25/h6-13,16H,4-5,14-15H2,1-3H3. The molecule has 0 amide bonds. The Morgan fingerprint density at radius 1 is 0.963 bits per heavy atom. The molecule has 0 fully saturated rings. The number of benzene rings is 3. The Morgan fingerprint density at radius 2 is 1.78 bits per heavy atom. The molecule has 0 spiro atoms. The molecule has 140 valence electrons. The fraction of sp³-hybridized carbons (Fsp3) is 0.304. The molecule has 1 aliphatic heterocycles. The molecule has 0 saturated carbocycles. The first kappa shape index (κ1) is 18.2. The fourth-order valence-corrected chi connectivity index (χ4v) is 4.92. The van der Waals surface area contributed by atoms with Gasteiger partial charge < -0.3 is 14.5 Å². The summed E-state index contributed by atoms with van der Waals surface area (Å²) in [6, 6.07) is 19.6. The SMILES string of the molecule is CCN(CC)CCN1c2ccc(OC)cc2Sc2ccc3ccccc3c21. The second kappa shape index (κ2) is 7.83. The molecule has 3 nitrogen and oxygen atoms in total. The lowest BCUT2D eigenvalue weighted by Gasteiger charge is -2.35. The average Bonchev–Trinajstić information content (AvgIpc) is 2.73. The van der Waals surface area contributed by atoms with Crippen LogP contribution in [-0.4, -0.2) is 38.2 Å². The van der Waals surface area contributed by atoms with E-state index >= 15 is 0 Å². The van der Waals surface area contributed by atoms with Crippen LogP contribution >= 0.6 is 11.8 Å². The van der Waals surface area contributed by atoms with Gasteiger partial charge in [-0.2, -0.15) is 0 Å². The summed E-state index contributed by atoms with van der Waals surface area (Å²) >= 11 is 1.84. The molecule has 0 aliphatic carbocycles. The number of fused-ring (bicyclic) bond motifs is 4. The van der Waals surface area contributed by atoms with E-state index in [1.165, 1.54) is 31.9 Å². The van der Waals surface area contributed by atoms with Crippen molar-refractivity contribution >= 4 is 33.9 Å². The Hall–Kier alpha value is -2.17. The highest BCUT2D eigenvalue weighted by molar-refractivity contribution is 7.99. The Kier molecular flexibility index (Phi) is 5.28. The number of ether oxygens (including phenoxy) is 1. The minimum Gasteiger partial charge on any atom is -0.497 e. The quantitative estimate of drug-likeness (QED) is 0.539. The predicted molar refractivity (Wildman–Crippen MR) is 116 cm³/mol. The molecule has 0 unspecified atom stereocenters. The molecule has 0 N–H and O–H groups in total. The number of anilines is 2. The van der Waals surface area contributed by atoms with Crippen LogP contribution in [0.1, 0.15) is 13.8 Å². The van der Waals surface area contributed by atoms with Crippen molar-refractivity contribution < 1.29 is 4.74 Å². The highest BCUT2D eigenvalue weighted by Gasteiger charge is 2.26. The zero-order chi connectivity index (χ0) is 18.8. The van der Waals surface area contributed by atoms with Crippen molar-refractivity contribution in [1.29, 1.82) is 0 Å². The number of hydrogen-bond donors (Lipinski definition) is 0. The molecule has 1 aliphatic rings. The zero-order valence-electron chi connectivity index (χ0n) is 16.2. The third kappa shape index (κ3) is 3.40. The zero-order valence-corrected chi connectivity index (χ0v) is 17.1. The summed E-state index contributed by atoms with van der Waals surface area (Å²) in [6.45, 7) is 8.65. The Morgan fingerprint density at radius 3 is 2.56 bits per heavy atom. The maximum absolute atomic E-state index is 5.47. The second-order valence-corrected chi connectivity index (χ2v) is 7.83. The summed E-state index contributed by atoms with van der Waals surface area (Å²) in [5, 5.41) is 2.62. The number of methoxy groups -OCH3 is 1. The lowest BCUT2D eigenvalue weighted by molar-refractivity contribution is 0.312. The van der Waals surface area contributed by atoms with E-state index in [4.69, 9.17) is 4.74 Å². The van der Waals surface area contributed by atoms with Gasteiger partial charge in [-0.3, -0.25) is 0 Å². The lowest BCUT2D eigenvalue weighted by Crippen LogP contribution is -2.34. The molecule has 27 heavy (non-hydrogen) atoms. The van der Waals surface area contributed by atoms with Crippen molar-refractivity contribution in [1.82, 2.24) is 4.90 Å². The van der Waals surface area contributed by atoms with Crippen LogP contribution in [-0.2, 0) is 0 Å². The van der Waals surface area contributed by atoms with E-state index in [1.54, 1.807) is 7.11 Å². The van der Waals surface area contributed by atoms with Crippen molar-refractivity contribution in [2.75, 3.05) is 38.2 Å². The first-order valence-electron chi connectivity index (χ1n) is 9.62. The summed E-state index contributed by atoms with van der Waals surface area (Å²) < 4.78 is 5.47. The van der Waals surface area contributed by atoms with Gasteiger partial charge in [0.1, 0.15) is 5.75 Å². The van der Waals surface area contributed by atoms with E-state index in [2.05, 4.69) is 78.2 Å². The van der Waals surface area contributed by atoms with Crippen LogP contribution < -0.4 is 9.64 Å². The topological polar surface area (TPSA) is 15.7 Å². The van der Waals surface area contributed by atoms with Gasteiger partial charge in [-0.1, -0.05) is 55.9 Å². The lowest BCUT2D eigenvalue weighted by atomic mass is 10.1. The molecule has 3 aromatic rings. The van der Waals surface area contributed by atoms with Crippen LogP contribution in [0.5, 0.6) is 5.75 Å². The minimum absolute atomic E-state index is 0.911. The van der Waals surface area contributed by atoms with Gasteiger partial charge in [-0.15, -0.1) is 0 Å². The molecule has 0 atom stereocenters. The van der Waals surface area contributed by atoms with Gasteiger partial charge in [0.15, 0.2) is 0 Å². The van der Waals surface area contributed by atoms with E-state index in [-0.39, 0.29) is 0 Å². The molecule has 0 aromatic heterocycles. The molecular weight excluding hydrogens is 352 g/mol. The Balaban J connectivity index is 1.83. The van der Waals surface area contributed by atoms with Crippen LogP contribution in [0.15, 0.2) is 64.4 Å². The number of likely N-dealkylation sites (N-methyl/N-ethyl adjacent to an activating group) is 1. The highest BCUT2D eigenvalue weighted by Crippen LogP contribution is 2.51. The van der Waals surface area contributed by atoms with Gasteiger partial charge >= 0.3 is 0 Å². The van der Waals surface area contributed by atoms with Crippen molar-refractivity contribution in [2.24, 2.45) is 0 Å². The predicted octanol–water partition coefficient (Wildman–Crippen LogP) is 5.79. The number of hydrogen-bond acceptors (Lipinski definition) is 4. The third-order valence-electron chi connectivity index (χ3n) is 5.35. The van der Waals surface area contributed by atoms with E-state index in [0.717, 1.165) is 31.9 Å². The normalized spacial score (nSPS) is 13.0. The smallest absolute Gasteiger partial charge is 0.120 e. The Bertz CT molecular complexity index is 952. The monoisotopic (exact) mass is 378 g/mol. The van der Waals surface area contributed by atoms with E-state index < -0.39 is 0 Å². The fourth-order valence-electron chi connectivity index (χ4n) is 3.77. The van der Waals surface area contributed by atoms with Crippen LogP contribution in [0.3, 0.4) is 0 Å². The van der Waals surface area contributed by atoms with E-state index in [9.17, 15) is 0 Å². The summed E-state index contributed by atoms with van der Waals surface area (Å²) in [6.07, 6.45) is 0. The third-order valence-corrected chi connectivity index (χ3v) is 6.44. The largest absolute Gasteiger partial charge is 0.497 e. The maximum Gasteiger partial charge on any atom is 0.120 e. The average molecular weight is 379 g/mol. The number of rotatable bonds is 6. The Labute approximate surface area is 165 Å². The van der Waals surface area contributed by atoms with Crippen LogP contribution in [0.4, 0.5) is 11.4 Å². The molecule has 4 heteroatoms. The summed E-state index contributed by atoms with van der Waals surface area (Å²) in [7, 11) is 1.73.